The Labute approximate surface area is 133 Å². The molecule has 21 heavy (non-hydrogen) atoms. The van der Waals surface area contributed by atoms with Crippen LogP contribution in [-0.2, 0) is 0 Å². The van der Waals surface area contributed by atoms with Crippen molar-refractivity contribution in [3.63, 3.8) is 0 Å². The molecule has 0 fully saturated rings. The van der Waals surface area contributed by atoms with Gasteiger partial charge in [-0.05, 0) is 24.3 Å². The first-order chi connectivity index (χ1) is 10.1. The lowest BCUT2D eigenvalue weighted by Crippen LogP contribution is -2.09. The van der Waals surface area contributed by atoms with Gasteiger partial charge in [0.25, 0.3) is 0 Å². The zero-order valence-electron chi connectivity index (χ0n) is 11.6. The van der Waals surface area contributed by atoms with E-state index >= 15 is 0 Å². The molecular formula is C15H14ClNO3S. The number of thiocarbonyl (C=S) groups is 1. The van der Waals surface area contributed by atoms with Gasteiger partial charge in [-0.25, -0.2) is 0 Å². The molecule has 0 spiro atoms. The van der Waals surface area contributed by atoms with Gasteiger partial charge in [-0.15, -0.1) is 0 Å². The Balaban J connectivity index is 2.38. The van der Waals surface area contributed by atoms with Crippen LogP contribution in [0.5, 0.6) is 23.0 Å². The first kappa shape index (κ1) is 15.4. The molecule has 0 heterocycles. The van der Waals surface area contributed by atoms with Crippen LogP contribution in [0, 0.1) is 0 Å². The fraction of sp³-hybridized carbons (Fsp3) is 0.133. The van der Waals surface area contributed by atoms with Gasteiger partial charge in [-0.3, -0.25) is 0 Å². The van der Waals surface area contributed by atoms with Gasteiger partial charge < -0.3 is 19.9 Å². The Bertz CT molecular complexity index is 654. The second-order valence-electron chi connectivity index (χ2n) is 4.10. The van der Waals surface area contributed by atoms with E-state index in [0.717, 1.165) is 0 Å². The minimum absolute atomic E-state index is 0.237. The van der Waals surface area contributed by atoms with Crippen LogP contribution in [0.25, 0.3) is 0 Å². The minimum atomic E-state index is 0.237. The summed E-state index contributed by atoms with van der Waals surface area (Å²) in [5.74, 6) is 2.12. The monoisotopic (exact) mass is 323 g/mol. The second-order valence-corrected chi connectivity index (χ2v) is 4.95. The molecule has 0 bridgehead atoms. The summed E-state index contributed by atoms with van der Waals surface area (Å²) < 4.78 is 16.4. The number of para-hydroxylation sites is 1. The van der Waals surface area contributed by atoms with Gasteiger partial charge in [0.15, 0.2) is 11.5 Å². The van der Waals surface area contributed by atoms with E-state index in [-0.39, 0.29) is 4.99 Å². The normalized spacial score (nSPS) is 10.0. The summed E-state index contributed by atoms with van der Waals surface area (Å²) in [6.07, 6.45) is 0. The molecule has 0 aromatic heterocycles. The molecule has 0 aliphatic heterocycles. The maximum absolute atomic E-state index is 6.13. The Morgan fingerprint density at radius 2 is 1.71 bits per heavy atom. The van der Waals surface area contributed by atoms with Crippen LogP contribution in [0.2, 0.25) is 5.02 Å². The van der Waals surface area contributed by atoms with Gasteiger partial charge in [0, 0.05) is 11.6 Å². The van der Waals surface area contributed by atoms with Gasteiger partial charge in [-0.2, -0.15) is 0 Å². The summed E-state index contributed by atoms with van der Waals surface area (Å²) in [6.45, 7) is 0. The fourth-order valence-corrected chi connectivity index (χ4v) is 2.30. The molecule has 2 N–H and O–H groups in total. The van der Waals surface area contributed by atoms with E-state index in [1.54, 1.807) is 44.6 Å². The first-order valence-corrected chi connectivity index (χ1v) is 6.83. The average molecular weight is 324 g/mol. The number of nitrogens with two attached hydrogens (primary N) is 1. The Hall–Kier alpha value is -1.98. The third kappa shape index (κ3) is 3.37. The van der Waals surface area contributed by atoms with E-state index in [1.165, 1.54) is 0 Å². The van der Waals surface area contributed by atoms with Crippen molar-refractivity contribution in [2.45, 2.75) is 0 Å². The number of benzene rings is 2. The largest absolute Gasteiger partial charge is 0.493 e. The third-order valence-electron chi connectivity index (χ3n) is 2.81. The number of hydrogen-bond donors (Lipinski definition) is 1. The third-order valence-corrected chi connectivity index (χ3v) is 3.34. The highest BCUT2D eigenvalue weighted by atomic mass is 35.5. The molecule has 110 valence electrons. The van der Waals surface area contributed by atoms with E-state index in [4.69, 9.17) is 43.8 Å². The van der Waals surface area contributed by atoms with Gasteiger partial charge >= 0.3 is 0 Å². The zero-order valence-corrected chi connectivity index (χ0v) is 13.1. The van der Waals surface area contributed by atoms with E-state index in [2.05, 4.69) is 0 Å². The first-order valence-electron chi connectivity index (χ1n) is 6.05. The molecule has 0 atom stereocenters. The number of methoxy groups -OCH3 is 2. The van der Waals surface area contributed by atoms with Crippen molar-refractivity contribution in [2.24, 2.45) is 5.73 Å². The summed E-state index contributed by atoms with van der Waals surface area (Å²) >= 11 is 11.0. The van der Waals surface area contributed by atoms with E-state index in [9.17, 15) is 0 Å². The number of halogens is 1. The van der Waals surface area contributed by atoms with Crippen LogP contribution in [0.15, 0.2) is 36.4 Å². The molecule has 0 saturated heterocycles. The topological polar surface area (TPSA) is 53.7 Å². The molecule has 2 aromatic carbocycles. The summed E-state index contributed by atoms with van der Waals surface area (Å²) in [7, 11) is 3.12. The highest BCUT2D eigenvalue weighted by Gasteiger charge is 2.13. The molecule has 0 radical (unpaired) electrons. The van der Waals surface area contributed by atoms with Crippen LogP contribution in [-0.4, -0.2) is 19.2 Å². The Kier molecular flexibility index (Phi) is 4.88. The molecular weight excluding hydrogens is 310 g/mol. The Morgan fingerprint density at radius 3 is 2.19 bits per heavy atom. The molecule has 0 saturated carbocycles. The molecule has 2 aromatic rings. The summed E-state index contributed by atoms with van der Waals surface area (Å²) in [5.41, 5.74) is 6.18. The van der Waals surface area contributed by atoms with E-state index in [0.29, 0.717) is 33.6 Å². The molecule has 2 rings (SSSR count). The highest BCUT2D eigenvalue weighted by molar-refractivity contribution is 7.80. The Morgan fingerprint density at radius 1 is 1.10 bits per heavy atom. The van der Waals surface area contributed by atoms with Crippen LogP contribution < -0.4 is 19.9 Å². The predicted octanol–water partition coefficient (Wildman–Crippen LogP) is 3.78. The molecule has 4 nitrogen and oxygen atoms in total. The summed E-state index contributed by atoms with van der Waals surface area (Å²) in [4.78, 5) is 0.237. The van der Waals surface area contributed by atoms with Crippen molar-refractivity contribution in [1.29, 1.82) is 0 Å². The van der Waals surface area contributed by atoms with Crippen molar-refractivity contribution in [3.05, 3.63) is 47.0 Å². The van der Waals surface area contributed by atoms with E-state index < -0.39 is 0 Å². The number of ether oxygens (including phenoxy) is 3. The van der Waals surface area contributed by atoms with Crippen molar-refractivity contribution < 1.29 is 14.2 Å². The summed E-state index contributed by atoms with van der Waals surface area (Å²) in [5, 5.41) is 0.425. The van der Waals surface area contributed by atoms with Crippen LogP contribution in [0.3, 0.4) is 0 Å². The lowest BCUT2D eigenvalue weighted by Gasteiger charge is -2.14. The number of rotatable bonds is 5. The lowest BCUT2D eigenvalue weighted by atomic mass is 10.2. The lowest BCUT2D eigenvalue weighted by molar-refractivity contribution is 0.346. The average Bonchev–Trinajstić information content (AvgIpc) is 2.47. The molecule has 6 heteroatoms. The van der Waals surface area contributed by atoms with Gasteiger partial charge in [0.05, 0.1) is 19.2 Å². The molecule has 0 aliphatic rings. The van der Waals surface area contributed by atoms with Crippen LogP contribution >= 0.6 is 23.8 Å². The quantitative estimate of drug-likeness (QED) is 0.849. The smallest absolute Gasteiger partial charge is 0.210 e. The maximum Gasteiger partial charge on any atom is 0.210 e. The SMILES string of the molecule is COc1cccc(OC)c1Oc1ccc(C(N)=S)c(Cl)c1. The van der Waals surface area contributed by atoms with Crippen molar-refractivity contribution in [2.75, 3.05) is 14.2 Å². The highest BCUT2D eigenvalue weighted by Crippen LogP contribution is 2.40. The fourth-order valence-electron chi connectivity index (χ4n) is 1.79. The van der Waals surface area contributed by atoms with Crippen molar-refractivity contribution >= 4 is 28.8 Å². The van der Waals surface area contributed by atoms with Gasteiger partial charge in [-0.1, -0.05) is 29.9 Å². The van der Waals surface area contributed by atoms with Crippen LogP contribution in [0.1, 0.15) is 5.56 Å². The van der Waals surface area contributed by atoms with Crippen molar-refractivity contribution in [1.82, 2.24) is 0 Å². The summed E-state index contributed by atoms with van der Waals surface area (Å²) in [6, 6.07) is 10.5. The minimum Gasteiger partial charge on any atom is -0.493 e. The van der Waals surface area contributed by atoms with E-state index in [1.807, 2.05) is 6.07 Å². The molecule has 0 aliphatic carbocycles. The maximum atomic E-state index is 6.13. The second kappa shape index (κ2) is 6.65. The van der Waals surface area contributed by atoms with Crippen LogP contribution in [0.4, 0.5) is 0 Å². The van der Waals surface area contributed by atoms with Gasteiger partial charge in [0.2, 0.25) is 5.75 Å². The molecule has 0 amide bonds. The zero-order chi connectivity index (χ0) is 15.4. The molecule has 0 unspecified atom stereocenters. The van der Waals surface area contributed by atoms with Gasteiger partial charge in [0.1, 0.15) is 10.7 Å². The standard InChI is InChI=1S/C15H14ClNO3S/c1-18-12-4-3-5-13(19-2)14(12)20-9-6-7-10(15(17)21)11(16)8-9/h3-8H,1-2H3,(H2,17,21). The predicted molar refractivity (Wildman–Crippen MR) is 87.0 cm³/mol. The number of hydrogen-bond acceptors (Lipinski definition) is 4. The van der Waals surface area contributed by atoms with Crippen molar-refractivity contribution in [3.8, 4) is 23.0 Å².